The van der Waals surface area contributed by atoms with Gasteiger partial charge in [-0.05, 0) is 77.1 Å². The van der Waals surface area contributed by atoms with Gasteiger partial charge in [0.25, 0.3) is 5.91 Å². The molecule has 0 unspecified atom stereocenters. The van der Waals surface area contributed by atoms with E-state index in [0.29, 0.717) is 49.4 Å². The van der Waals surface area contributed by atoms with Crippen LogP contribution in [-0.4, -0.2) is 41.5 Å². The lowest BCUT2D eigenvalue weighted by Gasteiger charge is -2.15. The van der Waals surface area contributed by atoms with Crippen LogP contribution in [0.5, 0.6) is 17.2 Å². The zero-order valence-corrected chi connectivity index (χ0v) is 21.8. The van der Waals surface area contributed by atoms with E-state index in [0.717, 1.165) is 28.4 Å². The Kier molecular flexibility index (Phi) is 9.32. The Morgan fingerprint density at radius 2 is 1.61 bits per heavy atom. The topological polar surface area (TPSA) is 99.0 Å². The van der Waals surface area contributed by atoms with E-state index in [1.54, 1.807) is 18.2 Å². The third-order valence-corrected chi connectivity index (χ3v) is 5.52. The highest BCUT2D eigenvalue weighted by Gasteiger charge is 2.15. The second kappa shape index (κ2) is 12.6. The molecule has 0 fully saturated rings. The lowest BCUT2D eigenvalue weighted by molar-refractivity contribution is 0.0976. The molecule has 0 aliphatic rings. The van der Waals surface area contributed by atoms with Crippen molar-refractivity contribution in [2.75, 3.05) is 25.1 Å². The first-order valence-corrected chi connectivity index (χ1v) is 12.1. The predicted octanol–water partition coefficient (Wildman–Crippen LogP) is 4.63. The normalized spacial score (nSPS) is 11.2. The number of nitrogens with one attached hydrogen (secondary N) is 2. The minimum atomic E-state index is -0.323. The van der Waals surface area contributed by atoms with Crippen molar-refractivity contribution in [2.45, 2.75) is 41.2 Å². The molecule has 2 aromatic carbocycles. The summed E-state index contributed by atoms with van der Waals surface area (Å²) in [5, 5.41) is 10.6. The molecule has 9 heteroatoms. The van der Waals surface area contributed by atoms with Crippen LogP contribution in [0.15, 0.2) is 47.5 Å². The molecule has 1 aromatic heterocycles. The molecular formula is C27H35N5O4. The second-order valence-electron chi connectivity index (χ2n) is 8.00. The molecule has 0 atom stereocenters. The van der Waals surface area contributed by atoms with Gasteiger partial charge in [-0.2, -0.15) is 5.10 Å². The molecule has 9 nitrogen and oxygen atoms in total. The Morgan fingerprint density at radius 3 is 2.22 bits per heavy atom. The number of carbonyl (C=O) groups is 1. The van der Waals surface area contributed by atoms with Crippen LogP contribution in [0.25, 0.3) is 0 Å². The van der Waals surface area contributed by atoms with Crippen molar-refractivity contribution in [2.24, 2.45) is 12.0 Å². The number of guanidine groups is 1. The molecule has 0 aliphatic heterocycles. The van der Waals surface area contributed by atoms with Gasteiger partial charge >= 0.3 is 0 Å². The molecule has 2 N–H and O–H groups in total. The van der Waals surface area contributed by atoms with E-state index in [1.165, 1.54) is 0 Å². The van der Waals surface area contributed by atoms with Crippen molar-refractivity contribution in [1.29, 1.82) is 0 Å². The Labute approximate surface area is 212 Å². The molecule has 192 valence electrons. The first kappa shape index (κ1) is 26.6. The summed E-state index contributed by atoms with van der Waals surface area (Å²) in [7, 11) is 1.90. The fraction of sp³-hybridized carbons (Fsp3) is 0.370. The Bertz CT molecular complexity index is 1200. The molecule has 0 spiro atoms. The molecule has 0 bridgehead atoms. The SMILES string of the molecule is CCOc1ccc(NC(=NCc2c(C)nn(C)c2C)NC(=O)c2ccc(OCC)c(OCC)c2)cc1. The third kappa shape index (κ3) is 6.78. The molecule has 0 radical (unpaired) electrons. The fourth-order valence-corrected chi connectivity index (χ4v) is 3.62. The van der Waals surface area contributed by atoms with Crippen LogP contribution in [0.1, 0.15) is 48.1 Å². The highest BCUT2D eigenvalue weighted by molar-refractivity contribution is 6.10. The number of benzene rings is 2. The van der Waals surface area contributed by atoms with E-state index in [1.807, 2.05) is 70.6 Å². The summed E-state index contributed by atoms with van der Waals surface area (Å²) in [6.07, 6.45) is 0. The molecule has 0 saturated carbocycles. The summed E-state index contributed by atoms with van der Waals surface area (Å²) in [6.45, 7) is 11.6. The first-order valence-electron chi connectivity index (χ1n) is 12.1. The molecule has 3 aromatic rings. The van der Waals surface area contributed by atoms with Gasteiger partial charge in [-0.25, -0.2) is 4.99 Å². The average molecular weight is 494 g/mol. The van der Waals surface area contributed by atoms with E-state index >= 15 is 0 Å². The van der Waals surface area contributed by atoms with Crippen LogP contribution in [0.4, 0.5) is 5.69 Å². The maximum Gasteiger partial charge on any atom is 0.258 e. The van der Waals surface area contributed by atoms with E-state index in [-0.39, 0.29) is 5.91 Å². The number of amides is 1. The summed E-state index contributed by atoms with van der Waals surface area (Å²) >= 11 is 0. The van der Waals surface area contributed by atoms with Crippen molar-refractivity contribution in [3.05, 3.63) is 65.0 Å². The molecule has 3 rings (SSSR count). The maximum atomic E-state index is 13.2. The lowest BCUT2D eigenvalue weighted by Crippen LogP contribution is -2.36. The van der Waals surface area contributed by atoms with E-state index < -0.39 is 0 Å². The smallest absolute Gasteiger partial charge is 0.258 e. The quantitative estimate of drug-likeness (QED) is 0.316. The van der Waals surface area contributed by atoms with Crippen LogP contribution >= 0.6 is 0 Å². The summed E-state index contributed by atoms with van der Waals surface area (Å²) in [5.74, 6) is 1.88. The largest absolute Gasteiger partial charge is 0.494 e. The number of anilines is 1. The van der Waals surface area contributed by atoms with Crippen molar-refractivity contribution >= 4 is 17.6 Å². The third-order valence-electron chi connectivity index (χ3n) is 5.52. The fourth-order valence-electron chi connectivity index (χ4n) is 3.62. The van der Waals surface area contributed by atoms with Crippen molar-refractivity contribution in [1.82, 2.24) is 15.1 Å². The van der Waals surface area contributed by atoms with Gasteiger partial charge in [0.1, 0.15) is 5.75 Å². The summed E-state index contributed by atoms with van der Waals surface area (Å²) in [6, 6.07) is 12.6. The van der Waals surface area contributed by atoms with Crippen LogP contribution < -0.4 is 24.8 Å². The van der Waals surface area contributed by atoms with Gasteiger partial charge in [0, 0.05) is 29.6 Å². The highest BCUT2D eigenvalue weighted by atomic mass is 16.5. The molecule has 0 aliphatic carbocycles. The summed E-state index contributed by atoms with van der Waals surface area (Å²) in [4.78, 5) is 17.9. The van der Waals surface area contributed by atoms with E-state index in [2.05, 4.69) is 20.7 Å². The highest BCUT2D eigenvalue weighted by Crippen LogP contribution is 2.28. The number of rotatable bonds is 10. The van der Waals surface area contributed by atoms with Gasteiger partial charge in [-0.15, -0.1) is 0 Å². The molecule has 1 heterocycles. The van der Waals surface area contributed by atoms with Crippen molar-refractivity contribution < 1.29 is 19.0 Å². The number of ether oxygens (including phenoxy) is 3. The number of hydrogen-bond acceptors (Lipinski definition) is 6. The monoisotopic (exact) mass is 493 g/mol. The standard InChI is InChI=1S/C27H35N5O4/c1-7-34-22-13-11-21(12-14-22)29-27(28-17-23-18(4)31-32(6)19(23)5)30-26(33)20-10-15-24(35-8-2)25(16-20)36-9-3/h10-16H,7-9,17H2,1-6H3,(H2,28,29,30,33). The van der Waals surface area contributed by atoms with Gasteiger partial charge in [0.15, 0.2) is 11.5 Å². The number of hydrogen-bond donors (Lipinski definition) is 2. The van der Waals surface area contributed by atoms with Gasteiger partial charge in [-0.3, -0.25) is 14.8 Å². The van der Waals surface area contributed by atoms with E-state index in [4.69, 9.17) is 14.2 Å². The van der Waals surface area contributed by atoms with Gasteiger partial charge in [-0.1, -0.05) is 0 Å². The predicted molar refractivity (Wildman–Crippen MR) is 141 cm³/mol. The summed E-state index contributed by atoms with van der Waals surface area (Å²) in [5.41, 5.74) is 4.13. The zero-order valence-electron chi connectivity index (χ0n) is 21.8. The first-order chi connectivity index (χ1) is 17.4. The minimum Gasteiger partial charge on any atom is -0.494 e. The van der Waals surface area contributed by atoms with Crippen molar-refractivity contribution in [3.63, 3.8) is 0 Å². The lowest BCUT2D eigenvalue weighted by atomic mass is 10.2. The van der Waals surface area contributed by atoms with E-state index in [9.17, 15) is 4.79 Å². The number of carbonyl (C=O) groups excluding carboxylic acids is 1. The number of aliphatic imine (C=N–C) groups is 1. The van der Waals surface area contributed by atoms with Crippen LogP contribution in [-0.2, 0) is 13.6 Å². The van der Waals surface area contributed by atoms with Crippen LogP contribution in [0, 0.1) is 13.8 Å². The molecule has 1 amide bonds. The number of aromatic nitrogens is 2. The molecule has 0 saturated heterocycles. The van der Waals surface area contributed by atoms with Gasteiger partial charge < -0.3 is 19.5 Å². The van der Waals surface area contributed by atoms with Crippen molar-refractivity contribution in [3.8, 4) is 17.2 Å². The average Bonchev–Trinajstić information content (AvgIpc) is 3.10. The van der Waals surface area contributed by atoms with Gasteiger partial charge in [0.05, 0.1) is 32.1 Å². The summed E-state index contributed by atoms with van der Waals surface area (Å²) < 4.78 is 18.6. The van der Waals surface area contributed by atoms with Crippen LogP contribution in [0.2, 0.25) is 0 Å². The Hall–Kier alpha value is -4.01. The number of nitrogens with zero attached hydrogens (tertiary/aromatic N) is 3. The minimum absolute atomic E-state index is 0.318. The van der Waals surface area contributed by atoms with Crippen LogP contribution in [0.3, 0.4) is 0 Å². The Balaban J connectivity index is 1.86. The van der Waals surface area contributed by atoms with Gasteiger partial charge in [0.2, 0.25) is 5.96 Å². The number of aryl methyl sites for hydroxylation is 2. The molecular weight excluding hydrogens is 458 g/mol. The zero-order chi connectivity index (χ0) is 26.1. The Morgan fingerprint density at radius 1 is 0.944 bits per heavy atom. The molecule has 36 heavy (non-hydrogen) atoms. The second-order valence-corrected chi connectivity index (χ2v) is 8.00. The maximum absolute atomic E-state index is 13.2.